The second-order valence-corrected chi connectivity index (χ2v) is 2.98. The van der Waals surface area contributed by atoms with E-state index in [2.05, 4.69) is 0 Å². The largest absolute Gasteiger partial charge is 0.461 e. The van der Waals surface area contributed by atoms with E-state index in [4.69, 9.17) is 15.6 Å². The highest BCUT2D eigenvalue weighted by Crippen LogP contribution is 2.09. The number of hydrogen-bond donors (Lipinski definition) is 2. The molecular formula is C9H14N2O3. The molecule has 0 unspecified atom stereocenters. The normalized spacial score (nSPS) is 10.1. The van der Waals surface area contributed by atoms with Crippen LogP contribution in [0.1, 0.15) is 16.9 Å². The van der Waals surface area contributed by atoms with Gasteiger partial charge >= 0.3 is 5.97 Å². The highest BCUT2D eigenvalue weighted by molar-refractivity contribution is 5.89. The van der Waals surface area contributed by atoms with Crippen LogP contribution in [0.3, 0.4) is 0 Å². The Morgan fingerprint density at radius 1 is 1.71 bits per heavy atom. The first-order valence-corrected chi connectivity index (χ1v) is 4.35. The first-order valence-electron chi connectivity index (χ1n) is 4.35. The van der Waals surface area contributed by atoms with Gasteiger partial charge in [-0.25, -0.2) is 4.79 Å². The number of nitrogen functional groups attached to an aromatic ring is 1. The molecule has 1 aromatic rings. The second kappa shape index (κ2) is 4.66. The molecule has 1 aromatic heterocycles. The van der Waals surface area contributed by atoms with Gasteiger partial charge in [0.05, 0.1) is 12.3 Å². The van der Waals surface area contributed by atoms with Crippen LogP contribution in [0, 0.1) is 0 Å². The molecule has 0 radical (unpaired) electrons. The van der Waals surface area contributed by atoms with E-state index in [0.29, 0.717) is 17.8 Å². The zero-order valence-corrected chi connectivity index (χ0v) is 8.06. The predicted octanol–water partition coefficient (Wildman–Crippen LogP) is 0.146. The van der Waals surface area contributed by atoms with Crippen LogP contribution in [0.4, 0.5) is 5.69 Å². The zero-order chi connectivity index (χ0) is 10.6. The van der Waals surface area contributed by atoms with E-state index in [1.165, 1.54) is 0 Å². The molecule has 0 amide bonds. The fourth-order valence-corrected chi connectivity index (χ4v) is 1.10. The van der Waals surface area contributed by atoms with Gasteiger partial charge in [-0.1, -0.05) is 0 Å². The number of carbonyl (C=O) groups is 1. The smallest absolute Gasteiger partial charge is 0.355 e. The summed E-state index contributed by atoms with van der Waals surface area (Å²) in [5, 5.41) is 8.49. The molecule has 0 saturated carbocycles. The number of carbonyl (C=O) groups excluding carboxylic acids is 1. The van der Waals surface area contributed by atoms with Crippen molar-refractivity contribution in [2.75, 3.05) is 18.9 Å². The molecule has 0 saturated heterocycles. The van der Waals surface area contributed by atoms with E-state index in [-0.39, 0.29) is 13.2 Å². The van der Waals surface area contributed by atoms with E-state index < -0.39 is 5.97 Å². The Morgan fingerprint density at radius 3 is 2.93 bits per heavy atom. The Hall–Kier alpha value is -1.49. The summed E-state index contributed by atoms with van der Waals surface area (Å²) in [6.07, 6.45) is 2.09. The minimum atomic E-state index is -0.419. The molecule has 1 rings (SSSR count). The van der Waals surface area contributed by atoms with Gasteiger partial charge in [0.25, 0.3) is 0 Å². The van der Waals surface area contributed by atoms with Crippen molar-refractivity contribution in [1.82, 2.24) is 4.57 Å². The Morgan fingerprint density at radius 2 is 2.43 bits per heavy atom. The molecule has 1 heterocycles. The van der Waals surface area contributed by atoms with Gasteiger partial charge in [0.1, 0.15) is 5.69 Å². The Labute approximate surface area is 82.1 Å². The van der Waals surface area contributed by atoms with Crippen LogP contribution >= 0.6 is 0 Å². The van der Waals surface area contributed by atoms with Crippen molar-refractivity contribution in [3.8, 4) is 0 Å². The number of esters is 1. The third kappa shape index (κ3) is 2.50. The van der Waals surface area contributed by atoms with Gasteiger partial charge in [-0.05, 0) is 6.07 Å². The van der Waals surface area contributed by atoms with E-state index in [1.54, 1.807) is 23.9 Å². The molecule has 0 aliphatic heterocycles. The molecule has 0 atom stereocenters. The SMILES string of the molecule is Cn1cc(N)cc1C(=O)OCCCO. The van der Waals surface area contributed by atoms with Crippen LogP contribution in [-0.2, 0) is 11.8 Å². The number of hydrogen-bond acceptors (Lipinski definition) is 4. The summed E-state index contributed by atoms with van der Waals surface area (Å²) in [5.74, 6) is -0.419. The van der Waals surface area contributed by atoms with Crippen molar-refractivity contribution in [1.29, 1.82) is 0 Å². The highest BCUT2D eigenvalue weighted by Gasteiger charge is 2.11. The van der Waals surface area contributed by atoms with Gasteiger partial charge in [0.2, 0.25) is 0 Å². The summed E-state index contributed by atoms with van der Waals surface area (Å²) in [7, 11) is 1.72. The minimum absolute atomic E-state index is 0.0164. The van der Waals surface area contributed by atoms with Gasteiger partial charge in [-0.3, -0.25) is 0 Å². The van der Waals surface area contributed by atoms with Crippen LogP contribution in [0.2, 0.25) is 0 Å². The van der Waals surface area contributed by atoms with Crippen LogP contribution in [0.25, 0.3) is 0 Å². The summed E-state index contributed by atoms with van der Waals surface area (Å²) in [6.45, 7) is 0.239. The van der Waals surface area contributed by atoms with Crippen LogP contribution in [-0.4, -0.2) is 28.9 Å². The summed E-state index contributed by atoms with van der Waals surface area (Å²) >= 11 is 0. The molecular weight excluding hydrogens is 184 g/mol. The maximum absolute atomic E-state index is 11.4. The molecule has 0 fully saturated rings. The summed E-state index contributed by atoms with van der Waals surface area (Å²) in [6, 6.07) is 1.56. The van der Waals surface area contributed by atoms with Gasteiger partial charge in [0, 0.05) is 26.3 Å². The maximum Gasteiger partial charge on any atom is 0.355 e. The topological polar surface area (TPSA) is 77.5 Å². The first kappa shape index (κ1) is 10.6. The third-order valence-corrected chi connectivity index (χ3v) is 1.77. The Bertz CT molecular complexity index is 320. The molecule has 0 spiro atoms. The molecule has 78 valence electrons. The third-order valence-electron chi connectivity index (χ3n) is 1.77. The van der Waals surface area contributed by atoms with Crippen molar-refractivity contribution in [2.24, 2.45) is 7.05 Å². The highest BCUT2D eigenvalue weighted by atomic mass is 16.5. The lowest BCUT2D eigenvalue weighted by molar-refractivity contribution is 0.0471. The summed E-state index contributed by atoms with van der Waals surface area (Å²) < 4.78 is 6.50. The second-order valence-electron chi connectivity index (χ2n) is 2.98. The number of ether oxygens (including phenoxy) is 1. The quantitative estimate of drug-likeness (QED) is 0.533. The van der Waals surface area contributed by atoms with Crippen molar-refractivity contribution < 1.29 is 14.6 Å². The van der Waals surface area contributed by atoms with Gasteiger partial charge in [-0.15, -0.1) is 0 Å². The van der Waals surface area contributed by atoms with Crippen molar-refractivity contribution >= 4 is 11.7 Å². The molecule has 0 aliphatic carbocycles. The average Bonchev–Trinajstić information content (AvgIpc) is 2.45. The van der Waals surface area contributed by atoms with Crippen molar-refractivity contribution in [3.63, 3.8) is 0 Å². The Balaban J connectivity index is 2.56. The van der Waals surface area contributed by atoms with Gasteiger partial charge < -0.3 is 20.1 Å². The molecule has 5 heteroatoms. The van der Waals surface area contributed by atoms with E-state index >= 15 is 0 Å². The number of aryl methyl sites for hydroxylation is 1. The monoisotopic (exact) mass is 198 g/mol. The lowest BCUT2D eigenvalue weighted by Gasteiger charge is -2.03. The summed E-state index contributed by atoms with van der Waals surface area (Å²) in [4.78, 5) is 11.4. The van der Waals surface area contributed by atoms with E-state index in [1.807, 2.05) is 0 Å². The summed E-state index contributed by atoms with van der Waals surface area (Å²) in [5.41, 5.74) is 6.45. The lowest BCUT2D eigenvalue weighted by Crippen LogP contribution is -2.11. The van der Waals surface area contributed by atoms with Crippen LogP contribution in [0.5, 0.6) is 0 Å². The van der Waals surface area contributed by atoms with E-state index in [9.17, 15) is 4.79 Å². The number of rotatable bonds is 4. The number of nitrogens with two attached hydrogens (primary N) is 1. The van der Waals surface area contributed by atoms with Gasteiger partial charge in [-0.2, -0.15) is 0 Å². The fourth-order valence-electron chi connectivity index (χ4n) is 1.10. The average molecular weight is 198 g/mol. The Kier molecular flexibility index (Phi) is 3.53. The van der Waals surface area contributed by atoms with Crippen LogP contribution in [0.15, 0.2) is 12.3 Å². The fraction of sp³-hybridized carbons (Fsp3) is 0.444. The molecule has 14 heavy (non-hydrogen) atoms. The van der Waals surface area contributed by atoms with Crippen molar-refractivity contribution in [3.05, 3.63) is 18.0 Å². The number of nitrogens with zero attached hydrogens (tertiary/aromatic N) is 1. The molecule has 0 aromatic carbocycles. The van der Waals surface area contributed by atoms with Gasteiger partial charge in [0.15, 0.2) is 0 Å². The predicted molar refractivity (Wildman–Crippen MR) is 51.8 cm³/mol. The number of aliphatic hydroxyl groups is 1. The molecule has 0 bridgehead atoms. The van der Waals surface area contributed by atoms with E-state index in [0.717, 1.165) is 0 Å². The lowest BCUT2D eigenvalue weighted by atomic mass is 10.4. The number of aliphatic hydroxyl groups excluding tert-OH is 1. The van der Waals surface area contributed by atoms with Crippen molar-refractivity contribution in [2.45, 2.75) is 6.42 Å². The van der Waals surface area contributed by atoms with Crippen LogP contribution < -0.4 is 5.73 Å². The standard InChI is InChI=1S/C9H14N2O3/c1-11-6-7(10)5-8(11)9(13)14-4-2-3-12/h5-6,12H,2-4,10H2,1H3. The minimum Gasteiger partial charge on any atom is -0.461 e. The molecule has 3 N–H and O–H groups in total. The maximum atomic E-state index is 11.4. The number of aromatic nitrogens is 1. The first-order chi connectivity index (χ1) is 6.65. The molecule has 5 nitrogen and oxygen atoms in total. The zero-order valence-electron chi connectivity index (χ0n) is 8.06. The number of anilines is 1. The molecule has 0 aliphatic rings.